The van der Waals surface area contributed by atoms with Crippen LogP contribution in [0.25, 0.3) is 0 Å². The molecule has 0 heterocycles. The van der Waals surface area contributed by atoms with E-state index in [9.17, 15) is 0 Å². The molecule has 0 aromatic heterocycles. The molecule has 1 heteroatoms. The van der Waals surface area contributed by atoms with Crippen LogP contribution in [0.2, 0.25) is 0 Å². The second kappa shape index (κ2) is 15.8. The molecule has 0 bridgehead atoms. The topological polar surface area (TPSA) is 0 Å². The Morgan fingerprint density at radius 1 is 0.696 bits per heavy atom. The Labute approximate surface area is 147 Å². The zero-order valence-corrected chi connectivity index (χ0v) is 17.7. The van der Waals surface area contributed by atoms with Gasteiger partial charge >= 0.3 is 0 Å². The second-order valence-electron chi connectivity index (χ2n) is 5.08. The molecule has 0 aliphatic carbocycles. The molecule has 0 nitrogen and oxygen atoms in total. The number of hydrogen-bond acceptors (Lipinski definition) is 0. The Bertz CT molecular complexity index is 501. The molecule has 0 radical (unpaired) electrons. The molecule has 130 valence electrons. The van der Waals surface area contributed by atoms with E-state index in [4.69, 9.17) is 0 Å². The molecule has 0 saturated heterocycles. The largest absolute Gasteiger partial charge is 0.0933 e. The Balaban J connectivity index is 0. The lowest BCUT2D eigenvalue weighted by atomic mass is 9.99. The van der Waals surface area contributed by atoms with E-state index in [1.54, 1.807) is 0 Å². The van der Waals surface area contributed by atoms with Crippen molar-refractivity contribution in [1.29, 1.82) is 0 Å². The minimum Gasteiger partial charge on any atom is -0.0933 e. The van der Waals surface area contributed by atoms with E-state index < -0.39 is 0 Å². The number of benzene rings is 2. The van der Waals surface area contributed by atoms with Gasteiger partial charge in [0, 0.05) is 0 Å². The molecule has 0 aliphatic heterocycles. The van der Waals surface area contributed by atoms with Gasteiger partial charge in [-0.05, 0) is 48.4 Å². The summed E-state index contributed by atoms with van der Waals surface area (Å²) < 4.78 is 0. The van der Waals surface area contributed by atoms with Crippen molar-refractivity contribution in [2.45, 2.75) is 61.3 Å². The van der Waals surface area contributed by atoms with Crippen molar-refractivity contribution in [2.24, 2.45) is 0 Å². The van der Waals surface area contributed by atoms with E-state index in [0.29, 0.717) is 5.92 Å². The standard InChI is InChI=1S/C10H14.C8H11P.2C2H6/c1-8(2)10-7-5-4-6-9(10)3;1-7-5-3-4-6-8(7)9-2;2*1-2/h4-8H,1-3H3;3-6,9H,1-2H3;2*1-2H3. The van der Waals surface area contributed by atoms with Gasteiger partial charge in [-0.25, -0.2) is 0 Å². The van der Waals surface area contributed by atoms with Crippen LogP contribution in [0.4, 0.5) is 0 Å². The highest BCUT2D eigenvalue weighted by molar-refractivity contribution is 7.46. The third kappa shape index (κ3) is 10.3. The fraction of sp³-hybridized carbons (Fsp3) is 0.455. The molecular weight excluding hydrogens is 295 g/mol. The van der Waals surface area contributed by atoms with Gasteiger partial charge in [0.25, 0.3) is 0 Å². The minimum absolute atomic E-state index is 0.654. The summed E-state index contributed by atoms with van der Waals surface area (Å²) in [6.07, 6.45) is 0. The molecular formula is C22H37P. The SMILES string of the molecule is CC.CC.CPc1ccccc1C.Cc1ccccc1C(C)C. The maximum absolute atomic E-state index is 2.22. The van der Waals surface area contributed by atoms with Gasteiger partial charge in [-0.2, -0.15) is 0 Å². The van der Waals surface area contributed by atoms with Crippen molar-refractivity contribution < 1.29 is 0 Å². The lowest BCUT2D eigenvalue weighted by Gasteiger charge is -2.07. The summed E-state index contributed by atoms with van der Waals surface area (Å²) >= 11 is 0. The highest BCUT2D eigenvalue weighted by Gasteiger charge is 1.99. The van der Waals surface area contributed by atoms with Crippen LogP contribution in [0.15, 0.2) is 48.5 Å². The quantitative estimate of drug-likeness (QED) is 0.514. The third-order valence-electron chi connectivity index (χ3n) is 3.22. The Morgan fingerprint density at radius 3 is 1.43 bits per heavy atom. The molecule has 2 rings (SSSR count). The summed E-state index contributed by atoms with van der Waals surface area (Å²) in [5, 5.41) is 1.48. The van der Waals surface area contributed by atoms with Gasteiger partial charge in [-0.1, -0.05) is 98.7 Å². The lowest BCUT2D eigenvalue weighted by Crippen LogP contribution is -1.96. The van der Waals surface area contributed by atoms with Gasteiger partial charge in [-0.15, -0.1) is 0 Å². The lowest BCUT2D eigenvalue weighted by molar-refractivity contribution is 0.856. The van der Waals surface area contributed by atoms with Crippen LogP contribution in [0.3, 0.4) is 0 Å². The zero-order chi connectivity index (χ0) is 18.3. The maximum atomic E-state index is 2.22. The summed E-state index contributed by atoms with van der Waals surface area (Å²) in [5.41, 5.74) is 4.28. The molecule has 1 unspecified atom stereocenters. The van der Waals surface area contributed by atoms with Crippen molar-refractivity contribution in [3.63, 3.8) is 0 Å². The van der Waals surface area contributed by atoms with Gasteiger partial charge in [0.15, 0.2) is 0 Å². The molecule has 2 aromatic rings. The molecule has 23 heavy (non-hydrogen) atoms. The van der Waals surface area contributed by atoms with E-state index >= 15 is 0 Å². The van der Waals surface area contributed by atoms with Crippen LogP contribution >= 0.6 is 8.58 Å². The Hall–Kier alpha value is -1.13. The normalized spacial score (nSPS) is 9.30. The first-order chi connectivity index (χ1) is 11.1. The first-order valence-electron chi connectivity index (χ1n) is 8.85. The highest BCUT2D eigenvalue weighted by Crippen LogP contribution is 2.17. The van der Waals surface area contributed by atoms with E-state index in [1.165, 1.54) is 22.0 Å². The minimum atomic E-state index is 0.654. The second-order valence-corrected chi connectivity index (χ2v) is 6.11. The van der Waals surface area contributed by atoms with Crippen LogP contribution in [-0.2, 0) is 0 Å². The summed E-state index contributed by atoms with van der Waals surface area (Å²) in [6, 6.07) is 17.1. The molecule has 0 aliphatic rings. The van der Waals surface area contributed by atoms with Crippen molar-refractivity contribution in [2.75, 3.05) is 6.66 Å². The maximum Gasteiger partial charge on any atom is -0.0216 e. The van der Waals surface area contributed by atoms with Crippen molar-refractivity contribution in [3.8, 4) is 0 Å². The monoisotopic (exact) mass is 332 g/mol. The van der Waals surface area contributed by atoms with Gasteiger partial charge in [0.1, 0.15) is 0 Å². The molecule has 2 aromatic carbocycles. The Kier molecular flexibility index (Phi) is 16.5. The fourth-order valence-corrected chi connectivity index (χ4v) is 2.83. The van der Waals surface area contributed by atoms with Gasteiger partial charge in [0.2, 0.25) is 0 Å². The van der Waals surface area contributed by atoms with E-state index in [0.717, 1.165) is 8.58 Å². The van der Waals surface area contributed by atoms with E-state index in [-0.39, 0.29) is 0 Å². The average Bonchev–Trinajstić information content (AvgIpc) is 2.60. The van der Waals surface area contributed by atoms with Gasteiger partial charge < -0.3 is 0 Å². The fourth-order valence-electron chi connectivity index (χ4n) is 2.09. The van der Waals surface area contributed by atoms with Gasteiger partial charge in [0.05, 0.1) is 0 Å². The van der Waals surface area contributed by atoms with E-state index in [2.05, 4.69) is 82.9 Å². The van der Waals surface area contributed by atoms with Crippen LogP contribution < -0.4 is 5.30 Å². The smallest absolute Gasteiger partial charge is 0.0216 e. The molecule has 0 amide bonds. The van der Waals surface area contributed by atoms with Crippen LogP contribution in [0.1, 0.15) is 64.2 Å². The molecule has 1 atom stereocenters. The molecule has 0 fully saturated rings. The number of hydrogen-bond donors (Lipinski definition) is 0. The third-order valence-corrected chi connectivity index (χ3v) is 4.32. The van der Waals surface area contributed by atoms with E-state index in [1.807, 2.05) is 27.7 Å². The first-order valence-corrected chi connectivity index (χ1v) is 10.3. The summed E-state index contributed by atoms with van der Waals surface area (Å²) in [5.74, 6) is 0.654. The molecule has 0 N–H and O–H groups in total. The number of aryl methyl sites for hydroxylation is 2. The molecule has 0 spiro atoms. The first kappa shape index (κ1) is 24.1. The average molecular weight is 333 g/mol. The summed E-state index contributed by atoms with van der Waals surface area (Å²) in [6.45, 7) is 19.0. The van der Waals surface area contributed by atoms with Crippen LogP contribution in [0, 0.1) is 13.8 Å². The Morgan fingerprint density at radius 2 is 1.13 bits per heavy atom. The van der Waals surface area contributed by atoms with Crippen molar-refractivity contribution in [1.82, 2.24) is 0 Å². The molecule has 0 saturated carbocycles. The predicted octanol–water partition coefficient (Wildman–Crippen LogP) is 7.10. The van der Waals surface area contributed by atoms with Crippen molar-refractivity contribution >= 4 is 13.9 Å². The van der Waals surface area contributed by atoms with Crippen LogP contribution in [0.5, 0.6) is 0 Å². The number of rotatable bonds is 2. The van der Waals surface area contributed by atoms with Gasteiger partial charge in [-0.3, -0.25) is 0 Å². The van der Waals surface area contributed by atoms with Crippen molar-refractivity contribution in [3.05, 3.63) is 65.2 Å². The zero-order valence-electron chi connectivity index (χ0n) is 16.7. The summed E-state index contributed by atoms with van der Waals surface area (Å²) in [4.78, 5) is 0. The predicted molar refractivity (Wildman–Crippen MR) is 113 cm³/mol. The summed E-state index contributed by atoms with van der Waals surface area (Å²) in [7, 11) is 0.929. The highest BCUT2D eigenvalue weighted by atomic mass is 31.1. The van der Waals surface area contributed by atoms with Crippen LogP contribution in [-0.4, -0.2) is 6.66 Å².